The molecule has 0 radical (unpaired) electrons. The number of benzene rings is 2. The van der Waals surface area contributed by atoms with E-state index in [1.54, 1.807) is 18.5 Å². The fourth-order valence-electron chi connectivity index (χ4n) is 3.73. The lowest BCUT2D eigenvalue weighted by atomic mass is 10.1. The van der Waals surface area contributed by atoms with Gasteiger partial charge in [-0.2, -0.15) is 0 Å². The van der Waals surface area contributed by atoms with E-state index in [4.69, 9.17) is 27.1 Å². The lowest BCUT2D eigenvalue weighted by Crippen LogP contribution is -2.35. The number of carbonyl (C=O) groups is 1. The number of thiazole rings is 1. The maximum absolute atomic E-state index is 12.1. The fourth-order valence-corrected chi connectivity index (χ4v) is 4.85. The summed E-state index contributed by atoms with van der Waals surface area (Å²) in [7, 11) is 0. The Labute approximate surface area is 188 Å². The molecule has 1 aliphatic rings. The Kier molecular flexibility index (Phi) is 5.45. The van der Waals surface area contributed by atoms with Crippen LogP contribution in [0, 0.1) is 0 Å². The number of carbonyl (C=O) groups excluding carboxylic acids is 1. The number of morpholine rings is 1. The van der Waals surface area contributed by atoms with Crippen LogP contribution in [0.15, 0.2) is 48.8 Å². The van der Waals surface area contributed by atoms with Crippen LogP contribution < -0.4 is 5.73 Å². The Morgan fingerprint density at radius 3 is 2.81 bits per heavy atom. The minimum atomic E-state index is -0.517. The first-order valence-corrected chi connectivity index (χ1v) is 11.1. The second kappa shape index (κ2) is 8.39. The second-order valence-corrected chi connectivity index (χ2v) is 8.79. The Morgan fingerprint density at radius 1 is 1.19 bits per heavy atom. The highest BCUT2D eigenvalue weighted by Crippen LogP contribution is 2.32. The molecule has 2 N–H and O–H groups in total. The first kappa shape index (κ1) is 20.1. The Hall–Kier alpha value is -2.78. The zero-order chi connectivity index (χ0) is 21.4. The van der Waals surface area contributed by atoms with Crippen molar-refractivity contribution in [2.24, 2.45) is 5.73 Å². The van der Waals surface area contributed by atoms with Gasteiger partial charge in [0.25, 0.3) is 5.91 Å². The van der Waals surface area contributed by atoms with Gasteiger partial charge in [-0.25, -0.2) is 9.97 Å². The number of hydrogen-bond acceptors (Lipinski definition) is 6. The number of halogens is 1. The SMILES string of the molecule is NC(=O)c1sc(-n2cnc3ccc(CN4CCOCC4)cc32)nc1-c1cccc(Cl)c1. The number of ether oxygens (including phenoxy) is 1. The molecule has 1 saturated heterocycles. The van der Waals surface area contributed by atoms with Gasteiger partial charge in [-0.1, -0.05) is 41.1 Å². The molecule has 0 unspecified atom stereocenters. The minimum absolute atomic E-state index is 0.392. The van der Waals surface area contributed by atoms with E-state index in [9.17, 15) is 4.79 Å². The molecule has 4 aromatic rings. The molecule has 5 rings (SSSR count). The van der Waals surface area contributed by atoms with Crippen molar-refractivity contribution in [2.75, 3.05) is 26.3 Å². The number of nitrogens with two attached hydrogens (primary N) is 1. The fraction of sp³-hybridized carbons (Fsp3) is 0.227. The number of amides is 1. The number of fused-ring (bicyclic) bond motifs is 1. The van der Waals surface area contributed by atoms with Gasteiger partial charge in [0.2, 0.25) is 0 Å². The number of nitrogens with zero attached hydrogens (tertiary/aromatic N) is 4. The van der Waals surface area contributed by atoms with Crippen molar-refractivity contribution in [1.29, 1.82) is 0 Å². The predicted octanol–water partition coefficient (Wildman–Crippen LogP) is 3.73. The van der Waals surface area contributed by atoms with Crippen LogP contribution in [0.2, 0.25) is 5.02 Å². The van der Waals surface area contributed by atoms with Crippen LogP contribution in [-0.4, -0.2) is 51.6 Å². The van der Waals surface area contributed by atoms with Gasteiger partial charge in [0.05, 0.1) is 29.9 Å². The van der Waals surface area contributed by atoms with Crippen LogP contribution in [0.4, 0.5) is 0 Å². The topological polar surface area (TPSA) is 86.3 Å². The Balaban J connectivity index is 1.55. The second-order valence-electron chi connectivity index (χ2n) is 7.37. The first-order valence-electron chi connectivity index (χ1n) is 9.91. The third-order valence-electron chi connectivity index (χ3n) is 5.27. The highest BCUT2D eigenvalue weighted by atomic mass is 35.5. The van der Waals surface area contributed by atoms with Crippen molar-refractivity contribution in [3.05, 3.63) is 64.3 Å². The van der Waals surface area contributed by atoms with Crippen LogP contribution in [0.3, 0.4) is 0 Å². The Morgan fingerprint density at radius 2 is 2.03 bits per heavy atom. The van der Waals surface area contributed by atoms with Crippen LogP contribution in [0.5, 0.6) is 0 Å². The van der Waals surface area contributed by atoms with E-state index in [0.717, 1.165) is 49.4 Å². The standard InChI is InChI=1S/C22H20ClN5O2S/c23-16-3-1-2-15(11-16)19-20(21(24)29)31-22(26-19)28-13-25-17-5-4-14(10-18(17)28)12-27-6-8-30-9-7-27/h1-5,10-11,13H,6-9,12H2,(H2,24,29). The van der Waals surface area contributed by atoms with Crippen LogP contribution in [0.25, 0.3) is 27.4 Å². The van der Waals surface area contributed by atoms with Gasteiger partial charge < -0.3 is 10.5 Å². The van der Waals surface area contributed by atoms with E-state index in [1.807, 2.05) is 22.8 Å². The van der Waals surface area contributed by atoms with Crippen molar-refractivity contribution in [3.63, 3.8) is 0 Å². The molecule has 0 bridgehead atoms. The van der Waals surface area contributed by atoms with E-state index < -0.39 is 5.91 Å². The number of hydrogen-bond donors (Lipinski definition) is 1. The molecule has 0 aliphatic carbocycles. The van der Waals surface area contributed by atoms with E-state index in [2.05, 4.69) is 22.0 Å². The van der Waals surface area contributed by atoms with E-state index >= 15 is 0 Å². The van der Waals surface area contributed by atoms with Crippen molar-refractivity contribution >= 4 is 39.9 Å². The molecule has 2 aromatic heterocycles. The normalized spacial score (nSPS) is 14.9. The molecule has 0 spiro atoms. The lowest BCUT2D eigenvalue weighted by molar-refractivity contribution is 0.0342. The van der Waals surface area contributed by atoms with Gasteiger partial charge in [-0.15, -0.1) is 0 Å². The molecule has 1 aliphatic heterocycles. The summed E-state index contributed by atoms with van der Waals surface area (Å²) >= 11 is 7.39. The number of imidazole rings is 1. The van der Waals surface area contributed by atoms with Gasteiger partial charge in [0.1, 0.15) is 11.2 Å². The van der Waals surface area contributed by atoms with E-state index in [0.29, 0.717) is 20.7 Å². The van der Waals surface area contributed by atoms with Crippen molar-refractivity contribution in [2.45, 2.75) is 6.54 Å². The van der Waals surface area contributed by atoms with Gasteiger partial charge >= 0.3 is 0 Å². The van der Waals surface area contributed by atoms with Gasteiger partial charge in [0.15, 0.2) is 5.13 Å². The molecule has 2 aromatic carbocycles. The summed E-state index contributed by atoms with van der Waals surface area (Å²) in [6, 6.07) is 13.5. The summed E-state index contributed by atoms with van der Waals surface area (Å²) in [6.45, 7) is 4.23. The van der Waals surface area contributed by atoms with Crippen LogP contribution in [0.1, 0.15) is 15.2 Å². The molecule has 31 heavy (non-hydrogen) atoms. The smallest absolute Gasteiger partial charge is 0.261 e. The zero-order valence-electron chi connectivity index (χ0n) is 16.6. The average Bonchev–Trinajstić information content (AvgIpc) is 3.39. The van der Waals surface area contributed by atoms with Crippen LogP contribution >= 0.6 is 22.9 Å². The van der Waals surface area contributed by atoms with Crippen molar-refractivity contribution in [1.82, 2.24) is 19.4 Å². The predicted molar refractivity (Wildman–Crippen MR) is 122 cm³/mol. The molecule has 9 heteroatoms. The van der Waals surface area contributed by atoms with Crippen molar-refractivity contribution < 1.29 is 9.53 Å². The molecule has 0 saturated carbocycles. The van der Waals surface area contributed by atoms with Gasteiger partial charge in [-0.3, -0.25) is 14.3 Å². The van der Waals surface area contributed by atoms with Gasteiger partial charge in [-0.05, 0) is 29.8 Å². The number of aromatic nitrogens is 3. The van der Waals surface area contributed by atoms with Crippen molar-refractivity contribution in [3.8, 4) is 16.4 Å². The maximum Gasteiger partial charge on any atom is 0.261 e. The van der Waals surface area contributed by atoms with Crippen LogP contribution in [-0.2, 0) is 11.3 Å². The summed E-state index contributed by atoms with van der Waals surface area (Å²) in [4.78, 5) is 24.1. The summed E-state index contributed by atoms with van der Waals surface area (Å²) in [6.07, 6.45) is 1.73. The molecule has 7 nitrogen and oxygen atoms in total. The summed E-state index contributed by atoms with van der Waals surface area (Å²) in [5, 5.41) is 1.21. The lowest BCUT2D eigenvalue weighted by Gasteiger charge is -2.26. The molecule has 3 heterocycles. The molecular formula is C22H20ClN5O2S. The third kappa shape index (κ3) is 4.07. The number of rotatable bonds is 5. The molecular weight excluding hydrogens is 434 g/mol. The summed E-state index contributed by atoms with van der Waals surface area (Å²) in [5.74, 6) is -0.517. The van der Waals surface area contributed by atoms with Gasteiger partial charge in [0, 0.05) is 30.2 Å². The highest BCUT2D eigenvalue weighted by Gasteiger charge is 2.20. The quantitative estimate of drug-likeness (QED) is 0.497. The minimum Gasteiger partial charge on any atom is -0.379 e. The Bertz CT molecular complexity index is 1260. The highest BCUT2D eigenvalue weighted by molar-refractivity contribution is 7.16. The summed E-state index contributed by atoms with van der Waals surface area (Å²) < 4.78 is 7.35. The molecule has 1 amide bonds. The van der Waals surface area contributed by atoms with E-state index in [-0.39, 0.29) is 0 Å². The first-order chi connectivity index (χ1) is 15.1. The zero-order valence-corrected chi connectivity index (χ0v) is 18.2. The molecule has 1 fully saturated rings. The average molecular weight is 454 g/mol. The van der Waals surface area contributed by atoms with E-state index in [1.165, 1.54) is 16.9 Å². The summed E-state index contributed by atoms with van der Waals surface area (Å²) in [5.41, 5.74) is 9.93. The maximum atomic E-state index is 12.1. The number of primary amides is 1. The monoisotopic (exact) mass is 453 g/mol. The molecule has 158 valence electrons. The third-order valence-corrected chi connectivity index (χ3v) is 6.57. The largest absolute Gasteiger partial charge is 0.379 e. The molecule has 0 atom stereocenters.